The molecule has 1 aromatic rings. The van der Waals surface area contributed by atoms with E-state index in [1.807, 2.05) is 6.92 Å². The van der Waals surface area contributed by atoms with Gasteiger partial charge in [-0.25, -0.2) is 4.98 Å². The molecule has 0 radical (unpaired) electrons. The topological polar surface area (TPSA) is 67.0 Å². The summed E-state index contributed by atoms with van der Waals surface area (Å²) in [6.07, 6.45) is -0.223. The fraction of sp³-hybridized carbons (Fsp3) is 0.733. The van der Waals surface area contributed by atoms with Gasteiger partial charge in [0.15, 0.2) is 0 Å². The van der Waals surface area contributed by atoms with Crippen LogP contribution in [0.25, 0.3) is 0 Å². The van der Waals surface area contributed by atoms with Crippen LogP contribution in [-0.2, 0) is 11.3 Å². The van der Waals surface area contributed by atoms with Crippen molar-refractivity contribution in [2.45, 2.75) is 60.2 Å². The maximum Gasteiger partial charge on any atom is 0.251 e. The highest BCUT2D eigenvalue weighted by Crippen LogP contribution is 2.33. The molecule has 1 aromatic heterocycles. The van der Waals surface area contributed by atoms with Crippen LogP contribution in [0.4, 0.5) is 0 Å². The van der Waals surface area contributed by atoms with Gasteiger partial charge in [-0.05, 0) is 12.3 Å². The predicted molar refractivity (Wildman–Crippen MR) is 80.7 cm³/mol. The van der Waals surface area contributed by atoms with Gasteiger partial charge in [0, 0.05) is 25.3 Å². The molecule has 114 valence electrons. The van der Waals surface area contributed by atoms with E-state index < -0.39 is 0 Å². The average molecular weight is 281 g/mol. The van der Waals surface area contributed by atoms with Crippen molar-refractivity contribution in [3.63, 3.8) is 0 Å². The maximum absolute atomic E-state index is 11.8. The number of rotatable bonds is 6. The Balaban J connectivity index is 3.06. The normalized spacial score (nSPS) is 13.8. The summed E-state index contributed by atoms with van der Waals surface area (Å²) in [5.74, 6) is 0.604. The molecule has 1 atom stereocenters. The highest BCUT2D eigenvalue weighted by molar-refractivity contribution is 5.06. The molecule has 5 nitrogen and oxygen atoms in total. The van der Waals surface area contributed by atoms with Crippen molar-refractivity contribution < 1.29 is 4.74 Å². The summed E-state index contributed by atoms with van der Waals surface area (Å²) in [6, 6.07) is 1.88. The third-order valence-corrected chi connectivity index (χ3v) is 2.87. The number of hydrogen-bond acceptors (Lipinski definition) is 4. The van der Waals surface area contributed by atoms with Gasteiger partial charge in [-0.15, -0.1) is 0 Å². The second-order valence-electron chi connectivity index (χ2n) is 6.36. The van der Waals surface area contributed by atoms with E-state index in [4.69, 9.17) is 4.74 Å². The summed E-state index contributed by atoms with van der Waals surface area (Å²) in [7, 11) is 0. The minimum absolute atomic E-state index is 0.129. The van der Waals surface area contributed by atoms with Crippen LogP contribution in [-0.4, -0.2) is 22.6 Å². The average Bonchev–Trinajstić information content (AvgIpc) is 2.31. The molecule has 0 aliphatic rings. The Morgan fingerprint density at radius 3 is 2.55 bits per heavy atom. The molecule has 1 unspecified atom stereocenters. The van der Waals surface area contributed by atoms with Gasteiger partial charge < -0.3 is 15.0 Å². The van der Waals surface area contributed by atoms with Gasteiger partial charge >= 0.3 is 0 Å². The molecule has 0 amide bonds. The standard InChI is InChI=1S/C15H27N3O2/c1-7-20-13(15(4,5)6)14-17-11(8-12(19)18-14)9-16-10(2)3/h8,10,13,16H,7,9H2,1-6H3,(H,17,18,19). The van der Waals surface area contributed by atoms with E-state index in [1.54, 1.807) is 0 Å². The van der Waals surface area contributed by atoms with Crippen LogP contribution >= 0.6 is 0 Å². The van der Waals surface area contributed by atoms with Gasteiger partial charge in [-0.3, -0.25) is 4.79 Å². The van der Waals surface area contributed by atoms with Crippen molar-refractivity contribution in [1.82, 2.24) is 15.3 Å². The minimum atomic E-state index is -0.223. The number of ether oxygens (including phenoxy) is 1. The van der Waals surface area contributed by atoms with E-state index in [9.17, 15) is 4.79 Å². The van der Waals surface area contributed by atoms with Crippen LogP contribution in [0, 0.1) is 5.41 Å². The lowest BCUT2D eigenvalue weighted by Crippen LogP contribution is -2.28. The summed E-state index contributed by atoms with van der Waals surface area (Å²) in [6.45, 7) is 13.5. The molecule has 2 N–H and O–H groups in total. The van der Waals surface area contributed by atoms with E-state index in [0.29, 0.717) is 25.0 Å². The fourth-order valence-corrected chi connectivity index (χ4v) is 1.96. The Hall–Kier alpha value is -1.20. The summed E-state index contributed by atoms with van der Waals surface area (Å²) in [5, 5.41) is 3.27. The van der Waals surface area contributed by atoms with Crippen LogP contribution in [0.1, 0.15) is 59.2 Å². The van der Waals surface area contributed by atoms with Gasteiger partial charge in [0.1, 0.15) is 11.9 Å². The van der Waals surface area contributed by atoms with E-state index in [0.717, 1.165) is 5.69 Å². The van der Waals surface area contributed by atoms with Crippen LogP contribution in [0.5, 0.6) is 0 Å². The van der Waals surface area contributed by atoms with Crippen molar-refractivity contribution >= 4 is 0 Å². The Labute approximate surface area is 121 Å². The molecule has 0 spiro atoms. The lowest BCUT2D eigenvalue weighted by molar-refractivity contribution is -0.0194. The number of aromatic nitrogens is 2. The molecule has 20 heavy (non-hydrogen) atoms. The van der Waals surface area contributed by atoms with E-state index >= 15 is 0 Å². The molecule has 1 rings (SSSR count). The zero-order valence-electron chi connectivity index (χ0n) is 13.4. The van der Waals surface area contributed by atoms with E-state index in [2.05, 4.69) is 49.9 Å². The highest BCUT2D eigenvalue weighted by Gasteiger charge is 2.29. The summed E-state index contributed by atoms with van der Waals surface area (Å²) in [5.41, 5.74) is 0.478. The number of H-pyrrole nitrogens is 1. The lowest BCUT2D eigenvalue weighted by atomic mass is 9.88. The molecule has 0 bridgehead atoms. The first-order chi connectivity index (χ1) is 9.24. The Kier molecular flexibility index (Phi) is 5.89. The zero-order valence-corrected chi connectivity index (χ0v) is 13.4. The Bertz CT molecular complexity index is 475. The van der Waals surface area contributed by atoms with E-state index in [1.165, 1.54) is 6.07 Å². The molecular formula is C15H27N3O2. The second-order valence-corrected chi connectivity index (χ2v) is 6.36. The maximum atomic E-state index is 11.8. The van der Waals surface area contributed by atoms with Gasteiger partial charge in [-0.1, -0.05) is 34.6 Å². The molecule has 0 aliphatic heterocycles. The summed E-state index contributed by atoms with van der Waals surface area (Å²) in [4.78, 5) is 19.2. The van der Waals surface area contributed by atoms with Crippen molar-refractivity contribution in [2.24, 2.45) is 5.41 Å². The Morgan fingerprint density at radius 1 is 1.40 bits per heavy atom. The first kappa shape index (κ1) is 16.9. The number of aromatic amines is 1. The predicted octanol–water partition coefficient (Wildman–Crippen LogP) is 2.39. The third-order valence-electron chi connectivity index (χ3n) is 2.87. The first-order valence-electron chi connectivity index (χ1n) is 7.19. The minimum Gasteiger partial charge on any atom is -0.370 e. The van der Waals surface area contributed by atoms with Crippen LogP contribution in [0.3, 0.4) is 0 Å². The van der Waals surface area contributed by atoms with Gasteiger partial charge in [-0.2, -0.15) is 0 Å². The largest absolute Gasteiger partial charge is 0.370 e. The van der Waals surface area contributed by atoms with Gasteiger partial charge in [0.25, 0.3) is 5.56 Å². The van der Waals surface area contributed by atoms with Crippen LogP contribution in [0.2, 0.25) is 0 Å². The number of nitrogens with zero attached hydrogens (tertiary/aromatic N) is 1. The van der Waals surface area contributed by atoms with Gasteiger partial charge in [0.05, 0.1) is 5.69 Å². The quantitative estimate of drug-likeness (QED) is 0.840. The molecule has 1 heterocycles. The fourth-order valence-electron chi connectivity index (χ4n) is 1.96. The van der Waals surface area contributed by atoms with Crippen molar-refractivity contribution in [3.8, 4) is 0 Å². The zero-order chi connectivity index (χ0) is 15.3. The monoisotopic (exact) mass is 281 g/mol. The van der Waals surface area contributed by atoms with Crippen molar-refractivity contribution in [1.29, 1.82) is 0 Å². The molecule has 0 aliphatic carbocycles. The SMILES string of the molecule is CCOC(c1nc(CNC(C)C)cc(=O)[nH]1)C(C)(C)C. The first-order valence-corrected chi connectivity index (χ1v) is 7.19. The number of hydrogen-bond donors (Lipinski definition) is 2. The van der Waals surface area contributed by atoms with Crippen LogP contribution in [0.15, 0.2) is 10.9 Å². The lowest BCUT2D eigenvalue weighted by Gasteiger charge is -2.29. The summed E-state index contributed by atoms with van der Waals surface area (Å²) < 4.78 is 5.78. The molecule has 0 aromatic carbocycles. The third kappa shape index (κ3) is 5.06. The van der Waals surface area contributed by atoms with Crippen LogP contribution < -0.4 is 10.9 Å². The van der Waals surface area contributed by atoms with Crippen molar-refractivity contribution in [2.75, 3.05) is 6.61 Å². The summed E-state index contributed by atoms with van der Waals surface area (Å²) >= 11 is 0. The molecule has 0 saturated carbocycles. The van der Waals surface area contributed by atoms with E-state index in [-0.39, 0.29) is 17.1 Å². The molecule has 5 heteroatoms. The molecule has 0 saturated heterocycles. The Morgan fingerprint density at radius 2 is 2.05 bits per heavy atom. The second kappa shape index (κ2) is 6.99. The smallest absolute Gasteiger partial charge is 0.251 e. The molecule has 0 fully saturated rings. The van der Waals surface area contributed by atoms with Gasteiger partial charge in [0.2, 0.25) is 0 Å². The molecular weight excluding hydrogens is 254 g/mol. The van der Waals surface area contributed by atoms with Crippen molar-refractivity contribution in [3.05, 3.63) is 27.9 Å². The highest BCUT2D eigenvalue weighted by atomic mass is 16.5. The number of nitrogens with one attached hydrogen (secondary N) is 2.